The highest BCUT2D eigenvalue weighted by Crippen LogP contribution is 2.10. The van der Waals surface area contributed by atoms with Crippen molar-refractivity contribution in [3.8, 4) is 0 Å². The van der Waals surface area contributed by atoms with E-state index in [0.29, 0.717) is 26.3 Å². The van der Waals surface area contributed by atoms with Crippen molar-refractivity contribution in [2.45, 2.75) is 6.42 Å². The molecular weight excluding hydrogens is 280 g/mol. The lowest BCUT2D eigenvalue weighted by Crippen LogP contribution is -2.34. The number of methoxy groups -OCH3 is 2. The van der Waals surface area contributed by atoms with E-state index in [-0.39, 0.29) is 17.9 Å². The third-order valence-corrected chi connectivity index (χ3v) is 3.04. The maximum absolute atomic E-state index is 13.2. The van der Waals surface area contributed by atoms with Gasteiger partial charge in [0.25, 0.3) is 0 Å². The minimum absolute atomic E-state index is 0.137. The lowest BCUT2D eigenvalue weighted by Gasteiger charge is -2.21. The molecule has 4 nitrogen and oxygen atoms in total. The van der Waals surface area contributed by atoms with Crippen molar-refractivity contribution >= 4 is 5.78 Å². The van der Waals surface area contributed by atoms with Crippen molar-refractivity contribution in [2.24, 2.45) is 0 Å². The Balaban J connectivity index is 2.62. The number of Topliss-reactive ketones (excluding diaryl/α,β-unsaturated/α-hetero) is 1. The molecule has 0 heterocycles. The van der Waals surface area contributed by atoms with Gasteiger partial charge in [0.15, 0.2) is 17.4 Å². The molecule has 1 aromatic rings. The number of nitrogens with zero attached hydrogens (tertiary/aromatic N) is 1. The molecule has 0 amide bonds. The zero-order chi connectivity index (χ0) is 15.7. The van der Waals surface area contributed by atoms with Crippen LogP contribution >= 0.6 is 0 Å². The topological polar surface area (TPSA) is 38.8 Å². The van der Waals surface area contributed by atoms with E-state index in [0.717, 1.165) is 18.6 Å². The molecule has 0 fully saturated rings. The molecule has 0 atom stereocenters. The zero-order valence-corrected chi connectivity index (χ0v) is 12.4. The first kappa shape index (κ1) is 17.7. The van der Waals surface area contributed by atoms with Crippen molar-refractivity contribution in [1.82, 2.24) is 4.90 Å². The number of hydrogen-bond donors (Lipinski definition) is 0. The fourth-order valence-electron chi connectivity index (χ4n) is 1.89. The molecule has 0 saturated heterocycles. The van der Waals surface area contributed by atoms with E-state index >= 15 is 0 Å². The molecule has 0 aliphatic carbocycles. The van der Waals surface area contributed by atoms with E-state index in [1.165, 1.54) is 6.07 Å². The summed E-state index contributed by atoms with van der Waals surface area (Å²) in [5.41, 5.74) is 0.169. The molecule has 118 valence electrons. The normalized spacial score (nSPS) is 11.1. The maximum atomic E-state index is 13.2. The van der Waals surface area contributed by atoms with Crippen LogP contribution in [0.5, 0.6) is 0 Å². The smallest absolute Gasteiger partial charge is 0.176 e. The third kappa shape index (κ3) is 6.29. The monoisotopic (exact) mass is 301 g/mol. The van der Waals surface area contributed by atoms with Crippen molar-refractivity contribution < 1.29 is 23.0 Å². The number of hydrogen-bond acceptors (Lipinski definition) is 4. The summed E-state index contributed by atoms with van der Waals surface area (Å²) in [7, 11) is 3.20. The van der Waals surface area contributed by atoms with Crippen LogP contribution in [0.4, 0.5) is 8.78 Å². The highest BCUT2D eigenvalue weighted by atomic mass is 19.2. The minimum Gasteiger partial charge on any atom is -0.385 e. The highest BCUT2D eigenvalue weighted by Gasteiger charge is 2.14. The zero-order valence-electron chi connectivity index (χ0n) is 12.4. The van der Waals surface area contributed by atoms with Crippen LogP contribution in [-0.2, 0) is 9.47 Å². The summed E-state index contributed by atoms with van der Waals surface area (Å²) in [6.45, 7) is 2.50. The molecular formula is C15H21F2NO3. The first-order valence-corrected chi connectivity index (χ1v) is 6.77. The summed E-state index contributed by atoms with van der Waals surface area (Å²) in [4.78, 5) is 14.0. The second kappa shape index (κ2) is 9.55. The molecule has 0 bridgehead atoms. The summed E-state index contributed by atoms with van der Waals surface area (Å²) in [6, 6.07) is 3.19. The van der Waals surface area contributed by atoms with Crippen LogP contribution in [0, 0.1) is 11.6 Å². The number of carbonyl (C=O) groups is 1. The van der Waals surface area contributed by atoms with Crippen LogP contribution in [0.15, 0.2) is 18.2 Å². The van der Waals surface area contributed by atoms with Gasteiger partial charge in [0, 0.05) is 39.5 Å². The van der Waals surface area contributed by atoms with Gasteiger partial charge in [-0.15, -0.1) is 0 Å². The standard InChI is InChI=1S/C15H21F2NO3/c1-20-8-3-6-18(7-9-21-2)11-15(19)12-4-5-13(16)14(17)10-12/h4-5,10H,3,6-9,11H2,1-2H3. The van der Waals surface area contributed by atoms with Crippen LogP contribution in [0.1, 0.15) is 16.8 Å². The van der Waals surface area contributed by atoms with Gasteiger partial charge in [0.05, 0.1) is 13.2 Å². The molecule has 0 aliphatic rings. The summed E-state index contributed by atoms with van der Waals surface area (Å²) in [5, 5.41) is 0. The lowest BCUT2D eigenvalue weighted by atomic mass is 10.1. The number of benzene rings is 1. The van der Waals surface area contributed by atoms with Gasteiger partial charge in [-0.25, -0.2) is 8.78 Å². The quantitative estimate of drug-likeness (QED) is 0.490. The van der Waals surface area contributed by atoms with E-state index in [1.807, 2.05) is 4.90 Å². The van der Waals surface area contributed by atoms with Gasteiger partial charge in [0.1, 0.15) is 0 Å². The van der Waals surface area contributed by atoms with E-state index in [2.05, 4.69) is 0 Å². The minimum atomic E-state index is -1.01. The molecule has 0 unspecified atom stereocenters. The molecule has 0 aromatic heterocycles. The molecule has 0 saturated carbocycles. The molecule has 0 radical (unpaired) electrons. The summed E-state index contributed by atoms with van der Waals surface area (Å²) in [6.07, 6.45) is 0.783. The first-order chi connectivity index (χ1) is 10.1. The van der Waals surface area contributed by atoms with Crippen molar-refractivity contribution in [2.75, 3.05) is 47.1 Å². The Labute approximate surface area is 123 Å². The van der Waals surface area contributed by atoms with Crippen molar-refractivity contribution in [3.05, 3.63) is 35.4 Å². The summed E-state index contributed by atoms with van der Waals surface area (Å²) in [5.74, 6) is -2.21. The Morgan fingerprint density at radius 2 is 1.81 bits per heavy atom. The lowest BCUT2D eigenvalue weighted by molar-refractivity contribution is 0.0877. The van der Waals surface area contributed by atoms with E-state index in [9.17, 15) is 13.6 Å². The van der Waals surface area contributed by atoms with Gasteiger partial charge < -0.3 is 9.47 Å². The first-order valence-electron chi connectivity index (χ1n) is 6.77. The van der Waals surface area contributed by atoms with Crippen LogP contribution in [0.25, 0.3) is 0 Å². The number of halogens is 2. The van der Waals surface area contributed by atoms with Crippen LogP contribution in [0.3, 0.4) is 0 Å². The van der Waals surface area contributed by atoms with Crippen molar-refractivity contribution in [3.63, 3.8) is 0 Å². The highest BCUT2D eigenvalue weighted by molar-refractivity contribution is 5.97. The van der Waals surface area contributed by atoms with Crippen LogP contribution < -0.4 is 0 Å². The van der Waals surface area contributed by atoms with Crippen molar-refractivity contribution in [1.29, 1.82) is 0 Å². The van der Waals surface area contributed by atoms with Gasteiger partial charge in [-0.2, -0.15) is 0 Å². The predicted molar refractivity (Wildman–Crippen MR) is 75.5 cm³/mol. The van der Waals surface area contributed by atoms with E-state index in [4.69, 9.17) is 9.47 Å². The molecule has 1 aromatic carbocycles. The summed E-state index contributed by atoms with van der Waals surface area (Å²) >= 11 is 0. The van der Waals surface area contributed by atoms with E-state index in [1.54, 1.807) is 14.2 Å². The van der Waals surface area contributed by atoms with Gasteiger partial charge in [-0.05, 0) is 24.6 Å². The number of ketones is 1. The number of carbonyl (C=O) groups excluding carboxylic acids is 1. The second-order valence-corrected chi connectivity index (χ2v) is 4.67. The van der Waals surface area contributed by atoms with E-state index < -0.39 is 11.6 Å². The Kier molecular flexibility index (Phi) is 8.04. The largest absolute Gasteiger partial charge is 0.385 e. The molecule has 0 aliphatic heterocycles. The average Bonchev–Trinajstić information content (AvgIpc) is 2.47. The maximum Gasteiger partial charge on any atom is 0.176 e. The van der Waals surface area contributed by atoms with Gasteiger partial charge in [-0.1, -0.05) is 0 Å². The Morgan fingerprint density at radius 3 is 2.43 bits per heavy atom. The predicted octanol–water partition coefficient (Wildman–Crippen LogP) is 2.13. The Bertz CT molecular complexity index is 455. The fourth-order valence-corrected chi connectivity index (χ4v) is 1.89. The molecule has 0 N–H and O–H groups in total. The molecule has 21 heavy (non-hydrogen) atoms. The average molecular weight is 301 g/mol. The van der Waals surface area contributed by atoms with Crippen LogP contribution in [-0.4, -0.2) is 57.8 Å². The van der Waals surface area contributed by atoms with Gasteiger partial charge >= 0.3 is 0 Å². The molecule has 1 rings (SSSR count). The van der Waals surface area contributed by atoms with Gasteiger partial charge in [0.2, 0.25) is 0 Å². The van der Waals surface area contributed by atoms with Gasteiger partial charge in [-0.3, -0.25) is 9.69 Å². The Morgan fingerprint density at radius 1 is 1.10 bits per heavy atom. The number of rotatable bonds is 10. The molecule has 6 heteroatoms. The third-order valence-electron chi connectivity index (χ3n) is 3.04. The second-order valence-electron chi connectivity index (χ2n) is 4.67. The number of ether oxygens (including phenoxy) is 2. The Hall–Kier alpha value is -1.37. The fraction of sp³-hybridized carbons (Fsp3) is 0.533. The SMILES string of the molecule is COCCCN(CCOC)CC(=O)c1ccc(F)c(F)c1. The van der Waals surface area contributed by atoms with Crippen LogP contribution in [0.2, 0.25) is 0 Å². The molecule has 0 spiro atoms. The summed E-state index contributed by atoms with van der Waals surface area (Å²) < 4.78 is 36.0.